The smallest absolute Gasteiger partial charge is 0.269 e. The van der Waals surface area contributed by atoms with Gasteiger partial charge in [-0.3, -0.25) is 14.9 Å². The number of benzene rings is 1. The van der Waals surface area contributed by atoms with E-state index in [0.29, 0.717) is 30.1 Å². The third kappa shape index (κ3) is 4.41. The van der Waals surface area contributed by atoms with Gasteiger partial charge in [-0.15, -0.1) is 0 Å². The highest BCUT2D eigenvalue weighted by atomic mass is 35.5. The lowest BCUT2D eigenvalue weighted by molar-refractivity contribution is -0.384. The zero-order chi connectivity index (χ0) is 15.2. The number of hydrogen-bond acceptors (Lipinski definition) is 4. The van der Waals surface area contributed by atoms with E-state index >= 15 is 0 Å². The number of amides is 1. The van der Waals surface area contributed by atoms with Crippen molar-refractivity contribution in [3.05, 3.63) is 38.9 Å². The van der Waals surface area contributed by atoms with Crippen molar-refractivity contribution in [2.75, 3.05) is 19.6 Å². The summed E-state index contributed by atoms with van der Waals surface area (Å²) in [5.41, 5.74) is 0.684. The summed E-state index contributed by atoms with van der Waals surface area (Å²) in [6.45, 7) is 2.66. The molecule has 1 fully saturated rings. The molecule has 1 aromatic carbocycles. The van der Waals surface area contributed by atoms with E-state index in [0.717, 1.165) is 25.9 Å². The predicted molar refractivity (Wildman–Crippen MR) is 80.2 cm³/mol. The molecule has 6 nitrogen and oxygen atoms in total. The highest BCUT2D eigenvalue weighted by molar-refractivity contribution is 6.31. The van der Waals surface area contributed by atoms with Crippen molar-refractivity contribution in [1.82, 2.24) is 10.2 Å². The molecule has 0 aliphatic carbocycles. The Hall–Kier alpha value is -1.66. The van der Waals surface area contributed by atoms with Gasteiger partial charge in [0, 0.05) is 49.8 Å². The van der Waals surface area contributed by atoms with Gasteiger partial charge in [0.2, 0.25) is 5.91 Å². The molecule has 114 valence electrons. The first kappa shape index (κ1) is 15.7. The minimum atomic E-state index is -0.448. The molecule has 1 aliphatic heterocycles. The van der Waals surface area contributed by atoms with Crippen LogP contribution in [0.2, 0.25) is 5.02 Å². The molecule has 0 unspecified atom stereocenters. The Kier molecular flexibility index (Phi) is 5.52. The summed E-state index contributed by atoms with van der Waals surface area (Å²) >= 11 is 6.01. The second-order valence-corrected chi connectivity index (χ2v) is 5.45. The molecule has 0 radical (unpaired) electrons. The fourth-order valence-electron chi connectivity index (χ4n) is 2.35. The Bertz CT molecular complexity index is 530. The molecule has 1 heterocycles. The van der Waals surface area contributed by atoms with E-state index in [1.165, 1.54) is 18.2 Å². The summed E-state index contributed by atoms with van der Waals surface area (Å²) in [5.74, 6) is 0.158. The lowest BCUT2D eigenvalue weighted by Gasteiger charge is -2.15. The Balaban J connectivity index is 1.79. The molecule has 1 amide bonds. The first-order chi connectivity index (χ1) is 10.1. The van der Waals surface area contributed by atoms with Gasteiger partial charge in [0.05, 0.1) is 4.92 Å². The summed E-state index contributed by atoms with van der Waals surface area (Å²) < 4.78 is 0. The average Bonchev–Trinajstić information content (AvgIpc) is 2.99. The molecular formula is C14H18ClN3O3. The second kappa shape index (κ2) is 7.38. The number of likely N-dealkylation sites (tertiary alicyclic amines) is 1. The number of halogens is 1. The molecule has 1 saturated heterocycles. The summed E-state index contributed by atoms with van der Waals surface area (Å²) in [5, 5.41) is 14.3. The molecule has 0 bridgehead atoms. The molecule has 0 spiro atoms. The molecule has 0 saturated carbocycles. The van der Waals surface area contributed by atoms with Crippen LogP contribution in [0.1, 0.15) is 24.8 Å². The number of nitrogens with one attached hydrogen (secondary N) is 1. The van der Waals surface area contributed by atoms with E-state index in [9.17, 15) is 14.9 Å². The predicted octanol–water partition coefficient (Wildman–Crippen LogP) is 2.35. The number of hydrogen-bond donors (Lipinski definition) is 1. The maximum Gasteiger partial charge on any atom is 0.269 e. The third-order valence-electron chi connectivity index (χ3n) is 3.53. The lowest BCUT2D eigenvalue weighted by Crippen LogP contribution is -2.30. The average molecular weight is 312 g/mol. The normalized spacial score (nSPS) is 14.4. The molecule has 1 aliphatic rings. The number of carbonyl (C=O) groups excluding carboxylic acids is 1. The summed E-state index contributed by atoms with van der Waals surface area (Å²) in [6, 6.07) is 4.35. The maximum absolute atomic E-state index is 11.8. The molecule has 21 heavy (non-hydrogen) atoms. The Morgan fingerprint density at radius 2 is 2.10 bits per heavy atom. The number of nitro groups is 1. The first-order valence-electron chi connectivity index (χ1n) is 6.99. The summed E-state index contributed by atoms with van der Waals surface area (Å²) in [4.78, 5) is 24.0. The van der Waals surface area contributed by atoms with Gasteiger partial charge in [0.25, 0.3) is 5.69 Å². The van der Waals surface area contributed by atoms with Gasteiger partial charge in [0.15, 0.2) is 0 Å². The number of non-ortho nitro benzene ring substituents is 1. The Labute approximate surface area is 128 Å². The van der Waals surface area contributed by atoms with Crippen LogP contribution in [0.25, 0.3) is 0 Å². The highest BCUT2D eigenvalue weighted by Crippen LogP contribution is 2.21. The van der Waals surface area contributed by atoms with Crippen LogP contribution in [0, 0.1) is 10.1 Å². The molecule has 1 N–H and O–H groups in total. The third-order valence-corrected chi connectivity index (χ3v) is 3.90. The largest absolute Gasteiger partial charge is 0.343 e. The van der Waals surface area contributed by atoms with E-state index in [1.807, 2.05) is 4.90 Å². The van der Waals surface area contributed by atoms with E-state index < -0.39 is 4.92 Å². The van der Waals surface area contributed by atoms with Crippen molar-refractivity contribution in [3.63, 3.8) is 0 Å². The number of rotatable bonds is 6. The van der Waals surface area contributed by atoms with Crippen molar-refractivity contribution in [2.45, 2.75) is 25.8 Å². The zero-order valence-corrected chi connectivity index (χ0v) is 12.4. The van der Waals surface area contributed by atoms with Crippen molar-refractivity contribution < 1.29 is 9.72 Å². The van der Waals surface area contributed by atoms with E-state index in [1.54, 1.807) is 0 Å². The van der Waals surface area contributed by atoms with Crippen LogP contribution in [0.3, 0.4) is 0 Å². The van der Waals surface area contributed by atoms with Crippen molar-refractivity contribution in [3.8, 4) is 0 Å². The first-order valence-corrected chi connectivity index (χ1v) is 7.37. The molecule has 0 atom stereocenters. The minimum Gasteiger partial charge on any atom is -0.343 e. The number of nitro benzene ring substituents is 1. The molecule has 1 aromatic rings. The second-order valence-electron chi connectivity index (χ2n) is 5.05. The van der Waals surface area contributed by atoms with Gasteiger partial charge in [-0.05, 0) is 24.5 Å². The van der Waals surface area contributed by atoms with Crippen LogP contribution >= 0.6 is 11.6 Å². The van der Waals surface area contributed by atoms with Gasteiger partial charge in [-0.25, -0.2) is 0 Å². The minimum absolute atomic E-state index is 0.0179. The Morgan fingerprint density at radius 3 is 2.76 bits per heavy atom. The van der Waals surface area contributed by atoms with Crippen molar-refractivity contribution in [1.29, 1.82) is 0 Å². The summed E-state index contributed by atoms with van der Waals surface area (Å²) in [6.07, 6.45) is 2.61. The van der Waals surface area contributed by atoms with Crippen LogP contribution < -0.4 is 5.32 Å². The van der Waals surface area contributed by atoms with Gasteiger partial charge in [-0.1, -0.05) is 11.6 Å². The van der Waals surface area contributed by atoms with Gasteiger partial charge in [0.1, 0.15) is 0 Å². The van der Waals surface area contributed by atoms with Crippen LogP contribution in [-0.4, -0.2) is 35.4 Å². The molecule has 2 rings (SSSR count). The standard InChI is InChI=1S/C14H18ClN3O3/c15-13-4-3-12(18(20)21)9-11(13)10-16-6-5-14(19)17-7-1-2-8-17/h3-4,9,16H,1-2,5-8,10H2. The van der Waals surface area contributed by atoms with E-state index in [-0.39, 0.29) is 11.6 Å². The number of nitrogens with zero attached hydrogens (tertiary/aromatic N) is 2. The topological polar surface area (TPSA) is 75.5 Å². The monoisotopic (exact) mass is 311 g/mol. The quantitative estimate of drug-likeness (QED) is 0.497. The van der Waals surface area contributed by atoms with Gasteiger partial charge >= 0.3 is 0 Å². The van der Waals surface area contributed by atoms with E-state index in [4.69, 9.17) is 11.6 Å². The molecule has 0 aromatic heterocycles. The maximum atomic E-state index is 11.8. The SMILES string of the molecule is O=C(CCNCc1cc([N+](=O)[O-])ccc1Cl)N1CCCC1. The fourth-order valence-corrected chi connectivity index (χ4v) is 2.54. The van der Waals surface area contributed by atoms with Crippen LogP contribution in [-0.2, 0) is 11.3 Å². The lowest BCUT2D eigenvalue weighted by atomic mass is 10.2. The van der Waals surface area contributed by atoms with Crippen LogP contribution in [0.4, 0.5) is 5.69 Å². The van der Waals surface area contributed by atoms with Crippen LogP contribution in [0.5, 0.6) is 0 Å². The van der Waals surface area contributed by atoms with Crippen molar-refractivity contribution >= 4 is 23.2 Å². The zero-order valence-electron chi connectivity index (χ0n) is 11.7. The van der Waals surface area contributed by atoms with E-state index in [2.05, 4.69) is 5.32 Å². The van der Waals surface area contributed by atoms with Gasteiger partial charge < -0.3 is 10.2 Å². The number of carbonyl (C=O) groups is 1. The summed E-state index contributed by atoms with van der Waals surface area (Å²) in [7, 11) is 0. The highest BCUT2D eigenvalue weighted by Gasteiger charge is 2.17. The fraction of sp³-hybridized carbons (Fsp3) is 0.500. The van der Waals surface area contributed by atoms with Gasteiger partial charge in [-0.2, -0.15) is 0 Å². The van der Waals surface area contributed by atoms with Crippen molar-refractivity contribution in [2.24, 2.45) is 0 Å². The molecule has 7 heteroatoms. The molecular weight excluding hydrogens is 294 g/mol. The van der Waals surface area contributed by atoms with Crippen LogP contribution in [0.15, 0.2) is 18.2 Å². The Morgan fingerprint density at radius 1 is 1.38 bits per heavy atom.